The smallest absolute Gasteiger partial charge is 0.251 e. The number of hydrogen-bond donors (Lipinski definition) is 1. The maximum Gasteiger partial charge on any atom is 0.251 e. The van der Waals surface area contributed by atoms with Crippen molar-refractivity contribution in [2.75, 3.05) is 6.54 Å². The van der Waals surface area contributed by atoms with Gasteiger partial charge in [-0.2, -0.15) is 0 Å². The Morgan fingerprint density at radius 2 is 1.85 bits per heavy atom. The van der Waals surface area contributed by atoms with Crippen LogP contribution in [-0.4, -0.2) is 12.5 Å². The molecule has 20 heavy (non-hydrogen) atoms. The van der Waals surface area contributed by atoms with E-state index in [4.69, 9.17) is 11.6 Å². The fourth-order valence-corrected chi connectivity index (χ4v) is 2.21. The number of benzene rings is 2. The molecule has 1 amide bonds. The van der Waals surface area contributed by atoms with E-state index in [1.165, 1.54) is 11.1 Å². The van der Waals surface area contributed by atoms with Crippen molar-refractivity contribution in [1.82, 2.24) is 5.32 Å². The van der Waals surface area contributed by atoms with Gasteiger partial charge in [0, 0.05) is 18.0 Å². The Morgan fingerprint density at radius 3 is 2.50 bits per heavy atom. The van der Waals surface area contributed by atoms with Gasteiger partial charge >= 0.3 is 0 Å². The quantitative estimate of drug-likeness (QED) is 0.835. The van der Waals surface area contributed by atoms with Crippen molar-refractivity contribution < 1.29 is 4.79 Å². The second-order valence-corrected chi connectivity index (χ2v) is 5.09. The van der Waals surface area contributed by atoms with Crippen LogP contribution in [0, 0.1) is 6.92 Å². The van der Waals surface area contributed by atoms with Gasteiger partial charge < -0.3 is 5.32 Å². The van der Waals surface area contributed by atoms with E-state index in [9.17, 15) is 4.79 Å². The van der Waals surface area contributed by atoms with Gasteiger partial charge in [-0.3, -0.25) is 4.79 Å². The zero-order valence-electron chi connectivity index (χ0n) is 11.5. The molecule has 0 saturated carbocycles. The first-order chi connectivity index (χ1) is 9.69. The summed E-state index contributed by atoms with van der Waals surface area (Å²) in [7, 11) is 0. The van der Waals surface area contributed by atoms with E-state index in [2.05, 4.69) is 30.4 Å². The summed E-state index contributed by atoms with van der Waals surface area (Å²) in [5, 5.41) is 2.93. The Labute approximate surface area is 124 Å². The minimum absolute atomic E-state index is 0.0428. The summed E-state index contributed by atoms with van der Waals surface area (Å²) in [6.07, 6.45) is 0.840. The highest BCUT2D eigenvalue weighted by Gasteiger charge is 2.04. The van der Waals surface area contributed by atoms with Crippen LogP contribution in [0.4, 0.5) is 0 Å². The first-order valence-corrected chi connectivity index (χ1v) is 7.21. The van der Waals surface area contributed by atoms with Crippen molar-refractivity contribution in [2.45, 2.75) is 19.2 Å². The van der Waals surface area contributed by atoms with Crippen molar-refractivity contribution in [3.8, 4) is 0 Å². The van der Waals surface area contributed by atoms with Gasteiger partial charge in [0.2, 0.25) is 0 Å². The average molecular weight is 288 g/mol. The van der Waals surface area contributed by atoms with Crippen LogP contribution in [0.5, 0.6) is 0 Å². The van der Waals surface area contributed by atoms with Gasteiger partial charge in [0.15, 0.2) is 0 Å². The molecule has 2 aromatic rings. The molecule has 0 saturated heterocycles. The number of halogens is 1. The molecule has 104 valence electrons. The molecule has 0 aromatic heterocycles. The number of alkyl halides is 1. The number of carbonyl (C=O) groups is 1. The van der Waals surface area contributed by atoms with E-state index >= 15 is 0 Å². The monoisotopic (exact) mass is 287 g/mol. The molecule has 2 nitrogen and oxygen atoms in total. The number of carbonyl (C=O) groups excluding carboxylic acids is 1. The highest BCUT2D eigenvalue weighted by Crippen LogP contribution is 2.07. The average Bonchev–Trinajstić information content (AvgIpc) is 2.47. The maximum atomic E-state index is 12.0. The van der Waals surface area contributed by atoms with Gasteiger partial charge in [0.05, 0.1) is 0 Å². The van der Waals surface area contributed by atoms with Crippen LogP contribution in [0.25, 0.3) is 0 Å². The minimum atomic E-state index is -0.0428. The molecule has 0 radical (unpaired) electrons. The van der Waals surface area contributed by atoms with E-state index in [1.807, 2.05) is 18.2 Å². The van der Waals surface area contributed by atoms with Crippen molar-refractivity contribution >= 4 is 17.5 Å². The molecule has 0 spiro atoms. The van der Waals surface area contributed by atoms with E-state index < -0.39 is 0 Å². The Kier molecular flexibility index (Phi) is 5.19. The summed E-state index contributed by atoms with van der Waals surface area (Å²) in [5.74, 6) is 0.425. The lowest BCUT2D eigenvalue weighted by atomic mass is 10.1. The molecule has 0 fully saturated rings. The molecule has 0 aliphatic rings. The number of rotatable bonds is 5. The van der Waals surface area contributed by atoms with Crippen LogP contribution >= 0.6 is 11.6 Å². The molecular formula is C17H18ClNO. The first kappa shape index (κ1) is 14.6. The second-order valence-electron chi connectivity index (χ2n) is 4.83. The van der Waals surface area contributed by atoms with Crippen LogP contribution in [0.15, 0.2) is 48.5 Å². The third-order valence-electron chi connectivity index (χ3n) is 3.15. The van der Waals surface area contributed by atoms with Crippen LogP contribution in [-0.2, 0) is 12.3 Å². The van der Waals surface area contributed by atoms with E-state index in [0.29, 0.717) is 18.0 Å². The number of amides is 1. The summed E-state index contributed by atoms with van der Waals surface area (Å²) in [4.78, 5) is 12.0. The van der Waals surface area contributed by atoms with Gasteiger partial charge in [-0.15, -0.1) is 11.6 Å². The predicted octanol–water partition coefficient (Wildman–Crippen LogP) is 3.71. The van der Waals surface area contributed by atoms with Crippen LogP contribution < -0.4 is 5.32 Å². The number of nitrogens with one attached hydrogen (secondary N) is 1. The number of hydrogen-bond acceptors (Lipinski definition) is 1. The third kappa shape index (κ3) is 4.10. The molecule has 2 rings (SSSR count). The van der Waals surface area contributed by atoms with Crippen molar-refractivity contribution in [3.63, 3.8) is 0 Å². The van der Waals surface area contributed by atoms with Gasteiger partial charge in [-0.05, 0) is 36.6 Å². The molecular weight excluding hydrogens is 270 g/mol. The topological polar surface area (TPSA) is 29.1 Å². The van der Waals surface area contributed by atoms with Crippen molar-refractivity contribution in [2.24, 2.45) is 0 Å². The lowest BCUT2D eigenvalue weighted by Gasteiger charge is -2.06. The SMILES string of the molecule is Cc1cccc(CCNC(=O)c2ccc(CCl)cc2)c1. The summed E-state index contributed by atoms with van der Waals surface area (Å²) < 4.78 is 0. The minimum Gasteiger partial charge on any atom is -0.352 e. The Bertz CT molecular complexity index is 578. The van der Waals surface area contributed by atoms with Crippen LogP contribution in [0.1, 0.15) is 27.0 Å². The second kappa shape index (κ2) is 7.11. The first-order valence-electron chi connectivity index (χ1n) is 6.67. The largest absolute Gasteiger partial charge is 0.352 e. The molecule has 1 N–H and O–H groups in total. The lowest BCUT2D eigenvalue weighted by molar-refractivity contribution is 0.0954. The maximum absolute atomic E-state index is 12.0. The Balaban J connectivity index is 1.85. The van der Waals surface area contributed by atoms with Gasteiger partial charge in [-0.1, -0.05) is 42.0 Å². The molecule has 0 aliphatic heterocycles. The molecule has 0 aliphatic carbocycles. The summed E-state index contributed by atoms with van der Waals surface area (Å²) in [5.41, 5.74) is 4.17. The molecule has 0 heterocycles. The van der Waals surface area contributed by atoms with Crippen molar-refractivity contribution in [3.05, 3.63) is 70.8 Å². The normalized spacial score (nSPS) is 10.3. The summed E-state index contributed by atoms with van der Waals surface area (Å²) in [6.45, 7) is 2.71. The highest BCUT2D eigenvalue weighted by molar-refractivity contribution is 6.17. The fourth-order valence-electron chi connectivity index (χ4n) is 2.04. The highest BCUT2D eigenvalue weighted by atomic mass is 35.5. The zero-order chi connectivity index (χ0) is 14.4. The Hall–Kier alpha value is -1.80. The van der Waals surface area contributed by atoms with Gasteiger partial charge in [-0.25, -0.2) is 0 Å². The summed E-state index contributed by atoms with van der Waals surface area (Å²) >= 11 is 5.72. The van der Waals surface area contributed by atoms with Crippen molar-refractivity contribution in [1.29, 1.82) is 0 Å². The molecule has 0 bridgehead atoms. The van der Waals surface area contributed by atoms with Crippen LogP contribution in [0.3, 0.4) is 0 Å². The van der Waals surface area contributed by atoms with Gasteiger partial charge in [0.25, 0.3) is 5.91 Å². The van der Waals surface area contributed by atoms with Crippen LogP contribution in [0.2, 0.25) is 0 Å². The van der Waals surface area contributed by atoms with E-state index in [-0.39, 0.29) is 5.91 Å². The summed E-state index contributed by atoms with van der Waals surface area (Å²) in [6, 6.07) is 15.7. The van der Waals surface area contributed by atoms with E-state index in [0.717, 1.165) is 12.0 Å². The third-order valence-corrected chi connectivity index (χ3v) is 3.46. The predicted molar refractivity (Wildman–Crippen MR) is 83.2 cm³/mol. The molecule has 0 unspecified atom stereocenters. The van der Waals surface area contributed by atoms with E-state index in [1.54, 1.807) is 12.1 Å². The molecule has 3 heteroatoms. The lowest BCUT2D eigenvalue weighted by Crippen LogP contribution is -2.25. The standard InChI is InChI=1S/C17H18ClNO/c1-13-3-2-4-14(11-13)9-10-19-17(20)16-7-5-15(12-18)6-8-16/h2-8,11H,9-10,12H2,1H3,(H,19,20). The zero-order valence-corrected chi connectivity index (χ0v) is 12.3. The number of aryl methyl sites for hydroxylation is 1. The Morgan fingerprint density at radius 1 is 1.10 bits per heavy atom. The van der Waals surface area contributed by atoms with Gasteiger partial charge in [0.1, 0.15) is 0 Å². The molecule has 0 atom stereocenters. The molecule has 2 aromatic carbocycles. The fraction of sp³-hybridized carbons (Fsp3) is 0.235.